The molecule has 5 heteroatoms. The monoisotopic (exact) mass is 308 g/mol. The van der Waals surface area contributed by atoms with E-state index in [1.165, 1.54) is 11.3 Å². The van der Waals surface area contributed by atoms with Gasteiger partial charge >= 0.3 is 0 Å². The van der Waals surface area contributed by atoms with Crippen molar-refractivity contribution >= 4 is 29.0 Å². The topological polar surface area (TPSA) is 63.4 Å². The summed E-state index contributed by atoms with van der Waals surface area (Å²) in [6, 6.07) is -0.342. The number of carbonyl (C=O) groups excluding carboxylic acids is 2. The Morgan fingerprint density at radius 3 is 1.90 bits per heavy atom. The van der Waals surface area contributed by atoms with Crippen molar-refractivity contribution in [3.8, 4) is 0 Å². The van der Waals surface area contributed by atoms with E-state index in [0.717, 1.165) is 51.4 Å². The highest BCUT2D eigenvalue weighted by Gasteiger charge is 2.52. The number of rotatable bonds is 3. The molecule has 0 radical (unpaired) electrons. The molecule has 3 rings (SSSR count). The zero-order chi connectivity index (χ0) is 15.0. The predicted octanol–water partition coefficient (Wildman–Crippen LogP) is 2.40. The molecule has 3 atom stereocenters. The maximum atomic E-state index is 12.7. The van der Waals surface area contributed by atoms with Crippen LogP contribution in [0.4, 0.5) is 0 Å². The van der Waals surface area contributed by atoms with E-state index in [1.807, 2.05) is 0 Å². The maximum absolute atomic E-state index is 12.7. The molecule has 3 unspecified atom stereocenters. The van der Waals surface area contributed by atoms with Gasteiger partial charge in [-0.1, -0.05) is 44.3 Å². The SMILES string of the molecule is NC(=S)C(C1CCCCC1)N1C(=O)C2CCCCC2C1=O. The Morgan fingerprint density at radius 1 is 0.952 bits per heavy atom. The Kier molecular flexibility index (Phi) is 4.29. The van der Waals surface area contributed by atoms with E-state index in [1.54, 1.807) is 0 Å². The van der Waals surface area contributed by atoms with Crippen LogP contribution in [0.1, 0.15) is 57.8 Å². The zero-order valence-electron chi connectivity index (χ0n) is 12.4. The van der Waals surface area contributed by atoms with Crippen molar-refractivity contribution in [2.75, 3.05) is 0 Å². The molecule has 0 bridgehead atoms. The van der Waals surface area contributed by atoms with Gasteiger partial charge in [-0.05, 0) is 31.6 Å². The average Bonchev–Trinajstić information content (AvgIpc) is 2.74. The van der Waals surface area contributed by atoms with Gasteiger partial charge in [0, 0.05) is 0 Å². The Bertz CT molecular complexity index is 435. The number of likely N-dealkylation sites (tertiary alicyclic amines) is 1. The fourth-order valence-corrected chi connectivity index (χ4v) is 4.78. The highest BCUT2D eigenvalue weighted by Crippen LogP contribution is 2.41. The fraction of sp³-hybridized carbons (Fsp3) is 0.812. The van der Waals surface area contributed by atoms with Gasteiger partial charge in [-0.3, -0.25) is 14.5 Å². The van der Waals surface area contributed by atoms with Crippen LogP contribution in [-0.4, -0.2) is 27.7 Å². The van der Waals surface area contributed by atoms with Crippen molar-refractivity contribution in [1.82, 2.24) is 4.90 Å². The molecule has 3 fully saturated rings. The lowest BCUT2D eigenvalue weighted by atomic mass is 9.81. The lowest BCUT2D eigenvalue weighted by molar-refractivity contribution is -0.142. The first-order valence-electron chi connectivity index (χ1n) is 8.27. The normalized spacial score (nSPS) is 32.1. The number of hydrogen-bond donors (Lipinski definition) is 1. The number of amides is 2. The van der Waals surface area contributed by atoms with Gasteiger partial charge in [0.2, 0.25) is 11.8 Å². The van der Waals surface area contributed by atoms with Crippen molar-refractivity contribution in [2.45, 2.75) is 63.8 Å². The molecule has 2 saturated carbocycles. The number of imide groups is 1. The molecule has 0 aromatic heterocycles. The number of nitrogens with two attached hydrogens (primary N) is 1. The van der Waals surface area contributed by atoms with Crippen molar-refractivity contribution in [2.24, 2.45) is 23.5 Å². The molecule has 1 heterocycles. The first-order valence-corrected chi connectivity index (χ1v) is 8.68. The van der Waals surface area contributed by atoms with E-state index < -0.39 is 0 Å². The van der Waals surface area contributed by atoms with E-state index in [4.69, 9.17) is 18.0 Å². The molecule has 2 aliphatic carbocycles. The second kappa shape index (κ2) is 6.03. The largest absolute Gasteiger partial charge is 0.392 e. The second-order valence-corrected chi connectivity index (χ2v) is 7.26. The molecule has 0 aromatic carbocycles. The van der Waals surface area contributed by atoms with E-state index >= 15 is 0 Å². The van der Waals surface area contributed by atoms with Crippen LogP contribution in [0.25, 0.3) is 0 Å². The predicted molar refractivity (Wildman–Crippen MR) is 84.4 cm³/mol. The molecule has 116 valence electrons. The van der Waals surface area contributed by atoms with Crippen LogP contribution in [0.2, 0.25) is 0 Å². The van der Waals surface area contributed by atoms with Gasteiger partial charge in [0.05, 0.1) is 22.9 Å². The zero-order valence-corrected chi connectivity index (χ0v) is 13.2. The highest BCUT2D eigenvalue weighted by molar-refractivity contribution is 7.80. The van der Waals surface area contributed by atoms with Crippen LogP contribution >= 0.6 is 12.2 Å². The summed E-state index contributed by atoms with van der Waals surface area (Å²) in [4.78, 5) is 27.2. The molecule has 2 amide bonds. The molecule has 2 N–H and O–H groups in total. The smallest absolute Gasteiger partial charge is 0.233 e. The van der Waals surface area contributed by atoms with Gasteiger partial charge in [-0.2, -0.15) is 0 Å². The number of hydrogen-bond acceptors (Lipinski definition) is 3. The summed E-state index contributed by atoms with van der Waals surface area (Å²) >= 11 is 5.24. The van der Waals surface area contributed by atoms with Crippen LogP contribution in [0, 0.1) is 17.8 Å². The Labute approximate surface area is 131 Å². The van der Waals surface area contributed by atoms with E-state index in [9.17, 15) is 9.59 Å². The first kappa shape index (κ1) is 14.9. The van der Waals surface area contributed by atoms with E-state index in [0.29, 0.717) is 4.99 Å². The van der Waals surface area contributed by atoms with Gasteiger partial charge in [0.25, 0.3) is 0 Å². The minimum Gasteiger partial charge on any atom is -0.392 e. The van der Waals surface area contributed by atoms with Crippen molar-refractivity contribution in [1.29, 1.82) is 0 Å². The average molecular weight is 308 g/mol. The van der Waals surface area contributed by atoms with Crippen LogP contribution in [0.3, 0.4) is 0 Å². The third kappa shape index (κ3) is 2.60. The summed E-state index contributed by atoms with van der Waals surface area (Å²) in [7, 11) is 0. The summed E-state index contributed by atoms with van der Waals surface area (Å²) in [5, 5.41) is 0. The molecule has 4 nitrogen and oxygen atoms in total. The summed E-state index contributed by atoms with van der Waals surface area (Å²) in [6.07, 6.45) is 9.36. The van der Waals surface area contributed by atoms with E-state index in [2.05, 4.69) is 0 Å². The molecule has 3 aliphatic rings. The second-order valence-electron chi connectivity index (χ2n) is 6.79. The summed E-state index contributed by atoms with van der Waals surface area (Å²) < 4.78 is 0. The summed E-state index contributed by atoms with van der Waals surface area (Å²) in [5.74, 6) is 0.0452. The fourth-order valence-electron chi connectivity index (χ4n) is 4.48. The number of nitrogens with zero attached hydrogens (tertiary/aromatic N) is 1. The maximum Gasteiger partial charge on any atom is 0.233 e. The molecule has 0 spiro atoms. The number of carbonyl (C=O) groups is 2. The first-order chi connectivity index (χ1) is 10.1. The van der Waals surface area contributed by atoms with Crippen LogP contribution < -0.4 is 5.73 Å². The van der Waals surface area contributed by atoms with Crippen molar-refractivity contribution in [3.05, 3.63) is 0 Å². The Balaban J connectivity index is 1.86. The molecule has 21 heavy (non-hydrogen) atoms. The molecular weight excluding hydrogens is 284 g/mol. The molecule has 1 aliphatic heterocycles. The molecular formula is C16H24N2O2S. The minimum atomic E-state index is -0.342. The highest BCUT2D eigenvalue weighted by atomic mass is 32.1. The minimum absolute atomic E-state index is 0.00641. The third-order valence-corrected chi connectivity index (χ3v) is 5.78. The van der Waals surface area contributed by atoms with Gasteiger partial charge in [-0.25, -0.2) is 0 Å². The number of fused-ring (bicyclic) bond motifs is 1. The van der Waals surface area contributed by atoms with Crippen LogP contribution in [-0.2, 0) is 9.59 Å². The van der Waals surface area contributed by atoms with Gasteiger partial charge < -0.3 is 5.73 Å². The third-order valence-electron chi connectivity index (χ3n) is 5.54. The van der Waals surface area contributed by atoms with Gasteiger partial charge in [0.1, 0.15) is 0 Å². The Hall–Kier alpha value is -0.970. The molecule has 1 saturated heterocycles. The van der Waals surface area contributed by atoms with E-state index in [-0.39, 0.29) is 35.6 Å². The van der Waals surface area contributed by atoms with Crippen LogP contribution in [0.15, 0.2) is 0 Å². The summed E-state index contributed by atoms with van der Waals surface area (Å²) in [6.45, 7) is 0. The lowest BCUT2D eigenvalue weighted by Crippen LogP contribution is -2.52. The van der Waals surface area contributed by atoms with Gasteiger partial charge in [-0.15, -0.1) is 0 Å². The van der Waals surface area contributed by atoms with Crippen LogP contribution in [0.5, 0.6) is 0 Å². The molecule has 0 aromatic rings. The Morgan fingerprint density at radius 2 is 1.43 bits per heavy atom. The number of thiocarbonyl (C=S) groups is 1. The standard InChI is InChI=1S/C16H24N2O2S/c17-14(21)13(10-6-2-1-3-7-10)18-15(19)11-8-4-5-9-12(11)16(18)20/h10-13H,1-9H2,(H2,17,21). The van der Waals surface area contributed by atoms with Crippen molar-refractivity contribution < 1.29 is 9.59 Å². The van der Waals surface area contributed by atoms with Crippen molar-refractivity contribution in [3.63, 3.8) is 0 Å². The van der Waals surface area contributed by atoms with Gasteiger partial charge in [0.15, 0.2) is 0 Å². The quantitative estimate of drug-likeness (QED) is 0.642. The lowest BCUT2D eigenvalue weighted by Gasteiger charge is -2.35. The summed E-state index contributed by atoms with van der Waals surface area (Å²) in [5.41, 5.74) is 5.95.